The number of nitrogens with zero attached hydrogens (tertiary/aromatic N) is 1. The van der Waals surface area contributed by atoms with Gasteiger partial charge in [0.1, 0.15) is 0 Å². The normalized spacial score (nSPS) is 36.2. The van der Waals surface area contributed by atoms with Crippen molar-refractivity contribution in [2.45, 2.75) is 45.6 Å². The van der Waals surface area contributed by atoms with Gasteiger partial charge in [0.05, 0.1) is 12.2 Å². The lowest BCUT2D eigenvalue weighted by molar-refractivity contribution is -0.148. The third kappa shape index (κ3) is 2.07. The van der Waals surface area contributed by atoms with Gasteiger partial charge in [0.2, 0.25) is 0 Å². The largest absolute Gasteiger partial charge is 0.368 e. The van der Waals surface area contributed by atoms with Gasteiger partial charge in [-0.05, 0) is 50.3 Å². The monoisotopic (exact) mass is 301 g/mol. The summed E-state index contributed by atoms with van der Waals surface area (Å²) < 4.78 is 6.72. The zero-order valence-electron chi connectivity index (χ0n) is 14.9. The van der Waals surface area contributed by atoms with Crippen molar-refractivity contribution in [3.8, 4) is 0 Å². The van der Waals surface area contributed by atoms with E-state index < -0.39 is 0 Å². The number of rotatable bonds is 5. The molecule has 0 spiro atoms. The zero-order chi connectivity index (χ0) is 16.0. The Labute approximate surface area is 135 Å². The third-order valence-electron chi connectivity index (χ3n) is 6.99. The van der Waals surface area contributed by atoms with Crippen LogP contribution in [-0.4, -0.2) is 32.1 Å². The number of hydrogen-bond acceptors (Lipinski definition) is 2. The molecule has 0 radical (unpaired) electrons. The van der Waals surface area contributed by atoms with Crippen molar-refractivity contribution in [3.05, 3.63) is 35.9 Å². The minimum Gasteiger partial charge on any atom is -0.368 e. The second-order valence-electron chi connectivity index (χ2n) is 8.34. The van der Waals surface area contributed by atoms with Crippen LogP contribution in [0.15, 0.2) is 30.3 Å². The third-order valence-corrected chi connectivity index (χ3v) is 6.99. The van der Waals surface area contributed by atoms with Gasteiger partial charge in [-0.2, -0.15) is 0 Å². The van der Waals surface area contributed by atoms with E-state index in [4.69, 9.17) is 4.74 Å². The van der Waals surface area contributed by atoms with E-state index in [1.807, 2.05) is 0 Å². The molecule has 3 atom stereocenters. The van der Waals surface area contributed by atoms with Gasteiger partial charge in [0.25, 0.3) is 0 Å². The fourth-order valence-corrected chi connectivity index (χ4v) is 5.10. The molecule has 2 bridgehead atoms. The second-order valence-corrected chi connectivity index (χ2v) is 8.34. The predicted molar refractivity (Wildman–Crippen MR) is 91.9 cm³/mol. The average molecular weight is 301 g/mol. The maximum Gasteiger partial charge on any atom is 0.0993 e. The Balaban J connectivity index is 1.99. The van der Waals surface area contributed by atoms with E-state index >= 15 is 0 Å². The first-order chi connectivity index (χ1) is 10.3. The van der Waals surface area contributed by atoms with E-state index in [-0.39, 0.29) is 11.0 Å². The van der Waals surface area contributed by atoms with Crippen molar-refractivity contribution in [1.29, 1.82) is 0 Å². The van der Waals surface area contributed by atoms with Gasteiger partial charge >= 0.3 is 0 Å². The first kappa shape index (κ1) is 16.0. The smallest absolute Gasteiger partial charge is 0.0993 e. The summed E-state index contributed by atoms with van der Waals surface area (Å²) in [6, 6.07) is 11.0. The fraction of sp³-hybridized carbons (Fsp3) is 0.700. The summed E-state index contributed by atoms with van der Waals surface area (Å²) in [4.78, 5) is 2.21. The summed E-state index contributed by atoms with van der Waals surface area (Å²) in [5.41, 5.74) is 1.84. The molecule has 0 saturated heterocycles. The summed E-state index contributed by atoms with van der Waals surface area (Å²) in [7, 11) is 4.23. The minimum atomic E-state index is -0.114. The topological polar surface area (TPSA) is 12.5 Å². The summed E-state index contributed by atoms with van der Waals surface area (Å²) in [6.07, 6.45) is 3.81. The molecule has 22 heavy (non-hydrogen) atoms. The van der Waals surface area contributed by atoms with Crippen molar-refractivity contribution in [3.63, 3.8) is 0 Å². The van der Waals surface area contributed by atoms with E-state index in [0.29, 0.717) is 5.41 Å². The molecule has 0 aliphatic heterocycles. The molecule has 122 valence electrons. The van der Waals surface area contributed by atoms with Crippen LogP contribution in [0, 0.1) is 16.7 Å². The SMILES string of the molecule is CN(C)CCO[C@@]1(c2ccccc2)C[C@@H]2CC[C@]1(C)C2(C)C. The molecule has 0 heterocycles. The molecule has 0 unspecified atom stereocenters. The van der Waals surface area contributed by atoms with Gasteiger partial charge in [0.15, 0.2) is 0 Å². The molecule has 0 aromatic heterocycles. The van der Waals surface area contributed by atoms with Crippen LogP contribution in [0.1, 0.15) is 45.6 Å². The Morgan fingerprint density at radius 3 is 2.32 bits per heavy atom. The number of likely N-dealkylation sites (N-methyl/N-ethyl adjacent to an activating group) is 1. The average Bonchev–Trinajstić information content (AvgIpc) is 2.80. The van der Waals surface area contributed by atoms with Gasteiger partial charge in [-0.15, -0.1) is 0 Å². The predicted octanol–water partition coefficient (Wildman–Crippen LogP) is 4.31. The van der Waals surface area contributed by atoms with E-state index in [1.54, 1.807) is 0 Å². The lowest BCUT2D eigenvalue weighted by Crippen LogP contribution is -2.47. The zero-order valence-corrected chi connectivity index (χ0v) is 14.9. The first-order valence-corrected chi connectivity index (χ1v) is 8.68. The van der Waals surface area contributed by atoms with E-state index in [0.717, 1.165) is 19.1 Å². The van der Waals surface area contributed by atoms with Crippen molar-refractivity contribution < 1.29 is 4.74 Å². The Kier molecular flexibility index (Phi) is 3.89. The van der Waals surface area contributed by atoms with E-state index in [2.05, 4.69) is 70.1 Å². The molecule has 2 aliphatic rings. The highest BCUT2D eigenvalue weighted by molar-refractivity contribution is 5.32. The molecule has 2 fully saturated rings. The van der Waals surface area contributed by atoms with Gasteiger partial charge < -0.3 is 9.64 Å². The van der Waals surface area contributed by atoms with Crippen LogP contribution in [0.5, 0.6) is 0 Å². The van der Waals surface area contributed by atoms with E-state index in [9.17, 15) is 0 Å². The number of benzene rings is 1. The summed E-state index contributed by atoms with van der Waals surface area (Å²) in [5, 5.41) is 0. The molecule has 1 aromatic carbocycles. The molecule has 2 aliphatic carbocycles. The highest BCUT2D eigenvalue weighted by atomic mass is 16.5. The van der Waals surface area contributed by atoms with Crippen LogP contribution in [-0.2, 0) is 10.3 Å². The standard InChI is InChI=1S/C20H31NO/c1-18(2)17-11-12-19(18,3)20(15-17,22-14-13-21(4)5)16-9-7-6-8-10-16/h6-10,17H,11-15H2,1-5H3/t17-,19+,20+/m0/s1. The summed E-state index contributed by atoms with van der Waals surface area (Å²) >= 11 is 0. The molecular weight excluding hydrogens is 270 g/mol. The van der Waals surface area contributed by atoms with Crippen molar-refractivity contribution in [1.82, 2.24) is 4.90 Å². The van der Waals surface area contributed by atoms with Crippen molar-refractivity contribution in [2.75, 3.05) is 27.2 Å². The summed E-state index contributed by atoms with van der Waals surface area (Å²) in [5.74, 6) is 0.775. The highest BCUT2D eigenvalue weighted by Crippen LogP contribution is 2.73. The number of fused-ring (bicyclic) bond motifs is 2. The van der Waals surface area contributed by atoms with Crippen LogP contribution >= 0.6 is 0 Å². The second kappa shape index (κ2) is 5.35. The van der Waals surface area contributed by atoms with Crippen molar-refractivity contribution in [2.24, 2.45) is 16.7 Å². The first-order valence-electron chi connectivity index (χ1n) is 8.68. The molecule has 2 saturated carbocycles. The van der Waals surface area contributed by atoms with Crippen LogP contribution in [0.3, 0.4) is 0 Å². The van der Waals surface area contributed by atoms with Crippen LogP contribution in [0.4, 0.5) is 0 Å². The van der Waals surface area contributed by atoms with Crippen LogP contribution in [0.25, 0.3) is 0 Å². The van der Waals surface area contributed by atoms with Gasteiger partial charge in [0, 0.05) is 12.0 Å². The lowest BCUT2D eigenvalue weighted by atomic mass is 9.62. The fourth-order valence-electron chi connectivity index (χ4n) is 5.10. The van der Waals surface area contributed by atoms with Gasteiger partial charge in [-0.25, -0.2) is 0 Å². The quantitative estimate of drug-likeness (QED) is 0.803. The van der Waals surface area contributed by atoms with Gasteiger partial charge in [-0.3, -0.25) is 0 Å². The lowest BCUT2D eigenvalue weighted by Gasteiger charge is -2.49. The maximum absolute atomic E-state index is 6.72. The Morgan fingerprint density at radius 1 is 1.14 bits per heavy atom. The van der Waals surface area contributed by atoms with Crippen LogP contribution < -0.4 is 0 Å². The number of ether oxygens (including phenoxy) is 1. The molecular formula is C20H31NO. The maximum atomic E-state index is 6.72. The molecule has 0 N–H and O–H groups in total. The minimum absolute atomic E-state index is 0.114. The molecule has 2 heteroatoms. The molecule has 3 rings (SSSR count). The van der Waals surface area contributed by atoms with Crippen LogP contribution in [0.2, 0.25) is 0 Å². The van der Waals surface area contributed by atoms with E-state index in [1.165, 1.54) is 24.8 Å². The Bertz CT molecular complexity index is 524. The number of hydrogen-bond donors (Lipinski definition) is 0. The van der Waals surface area contributed by atoms with Gasteiger partial charge in [-0.1, -0.05) is 51.1 Å². The molecule has 0 amide bonds. The summed E-state index contributed by atoms with van der Waals surface area (Å²) in [6.45, 7) is 9.19. The Hall–Kier alpha value is -0.860. The molecule has 1 aromatic rings. The molecule has 2 nitrogen and oxygen atoms in total. The highest BCUT2D eigenvalue weighted by Gasteiger charge is 2.69. The Morgan fingerprint density at radius 2 is 1.82 bits per heavy atom. The van der Waals surface area contributed by atoms with Crippen molar-refractivity contribution >= 4 is 0 Å².